The van der Waals surface area contributed by atoms with Gasteiger partial charge in [-0.2, -0.15) is 0 Å². The predicted octanol–water partition coefficient (Wildman–Crippen LogP) is 2.43. The van der Waals surface area contributed by atoms with E-state index in [2.05, 4.69) is 9.97 Å². The first-order valence-corrected chi connectivity index (χ1v) is 5.02. The number of benzene rings is 1. The molecule has 0 unspecified atom stereocenters. The van der Waals surface area contributed by atoms with Gasteiger partial charge in [0.2, 0.25) is 0 Å². The molecule has 1 aromatic heterocycles. The van der Waals surface area contributed by atoms with E-state index in [1.807, 2.05) is 0 Å². The molecule has 1 N–H and O–H groups in total. The van der Waals surface area contributed by atoms with Gasteiger partial charge in [0.25, 0.3) is 0 Å². The number of hydrogen-bond donors (Lipinski definition) is 1. The number of carboxylic acid groups (broad SMARTS) is 1. The molecule has 0 aliphatic rings. The molecule has 1 aromatic carbocycles. The molecule has 4 nitrogen and oxygen atoms in total. The first-order chi connectivity index (χ1) is 8.49. The van der Waals surface area contributed by atoms with E-state index in [9.17, 15) is 13.6 Å². The third-order valence-corrected chi connectivity index (χ3v) is 2.26. The van der Waals surface area contributed by atoms with E-state index < -0.39 is 23.2 Å². The minimum Gasteiger partial charge on any atom is -0.477 e. The van der Waals surface area contributed by atoms with Gasteiger partial charge in [-0.3, -0.25) is 0 Å². The van der Waals surface area contributed by atoms with Gasteiger partial charge in [0.1, 0.15) is 11.6 Å². The molecule has 0 radical (unpaired) electrons. The van der Waals surface area contributed by atoms with Crippen LogP contribution in [0.3, 0.4) is 0 Å². The summed E-state index contributed by atoms with van der Waals surface area (Å²) in [5, 5.41) is 8.84. The summed E-state index contributed by atoms with van der Waals surface area (Å²) >= 11 is 0. The zero-order valence-corrected chi connectivity index (χ0v) is 9.32. The maximum Gasteiger partial charge on any atom is 0.354 e. The van der Waals surface area contributed by atoms with Crippen LogP contribution >= 0.6 is 0 Å². The second-order valence-corrected chi connectivity index (χ2v) is 3.62. The van der Waals surface area contributed by atoms with Gasteiger partial charge in [-0.05, 0) is 25.1 Å². The Morgan fingerprint density at radius 3 is 2.39 bits per heavy atom. The quantitative estimate of drug-likeness (QED) is 0.889. The van der Waals surface area contributed by atoms with Gasteiger partial charge in [0.15, 0.2) is 11.5 Å². The zero-order valence-electron chi connectivity index (χ0n) is 9.32. The fourth-order valence-electron chi connectivity index (χ4n) is 1.50. The summed E-state index contributed by atoms with van der Waals surface area (Å²) in [5.74, 6) is -3.23. The molecule has 2 aromatic rings. The van der Waals surface area contributed by atoms with Crippen LogP contribution in [-0.4, -0.2) is 21.0 Å². The number of aromatic carboxylic acids is 1. The Bertz CT molecular complexity index is 609. The lowest BCUT2D eigenvalue weighted by Crippen LogP contribution is -2.05. The number of aryl methyl sites for hydroxylation is 1. The summed E-state index contributed by atoms with van der Waals surface area (Å²) in [6, 6.07) is 4.56. The van der Waals surface area contributed by atoms with Crippen molar-refractivity contribution in [3.8, 4) is 11.4 Å². The standard InChI is InChI=1S/C12H8F2N2O2/c1-6-5-9(12(17)18)16-11(15-6)10-7(13)3-2-4-8(10)14/h2-5H,1H3,(H,17,18). The molecule has 18 heavy (non-hydrogen) atoms. The lowest BCUT2D eigenvalue weighted by atomic mass is 10.1. The molecular weight excluding hydrogens is 242 g/mol. The van der Waals surface area contributed by atoms with Crippen LogP contribution in [0.2, 0.25) is 0 Å². The van der Waals surface area contributed by atoms with Crippen molar-refractivity contribution in [1.82, 2.24) is 9.97 Å². The SMILES string of the molecule is Cc1cc(C(=O)O)nc(-c2c(F)cccc2F)n1. The molecule has 0 saturated carbocycles. The van der Waals surface area contributed by atoms with Crippen molar-refractivity contribution in [3.05, 3.63) is 47.3 Å². The molecule has 0 bridgehead atoms. The highest BCUT2D eigenvalue weighted by Crippen LogP contribution is 2.23. The van der Waals surface area contributed by atoms with Crippen LogP contribution in [0.1, 0.15) is 16.2 Å². The molecule has 1 heterocycles. The molecule has 0 aliphatic carbocycles. The zero-order chi connectivity index (χ0) is 13.3. The number of rotatable bonds is 2. The van der Waals surface area contributed by atoms with Crippen molar-refractivity contribution in [3.63, 3.8) is 0 Å². The molecule has 0 aliphatic heterocycles. The highest BCUT2D eigenvalue weighted by molar-refractivity contribution is 5.86. The summed E-state index contributed by atoms with van der Waals surface area (Å²) in [5.41, 5.74) is -0.413. The number of nitrogens with zero attached hydrogens (tertiary/aromatic N) is 2. The summed E-state index contributed by atoms with van der Waals surface area (Å²) < 4.78 is 27.1. The van der Waals surface area contributed by atoms with E-state index in [0.717, 1.165) is 12.1 Å². The Morgan fingerprint density at radius 2 is 1.83 bits per heavy atom. The number of hydrogen-bond acceptors (Lipinski definition) is 3. The highest BCUT2D eigenvalue weighted by atomic mass is 19.1. The summed E-state index contributed by atoms with van der Waals surface area (Å²) in [4.78, 5) is 18.3. The van der Waals surface area contributed by atoms with Crippen LogP contribution in [0.15, 0.2) is 24.3 Å². The molecule has 0 spiro atoms. The van der Waals surface area contributed by atoms with Crippen LogP contribution in [0, 0.1) is 18.6 Å². The second-order valence-electron chi connectivity index (χ2n) is 3.62. The molecule has 92 valence electrons. The topological polar surface area (TPSA) is 63.1 Å². The van der Waals surface area contributed by atoms with Crippen LogP contribution < -0.4 is 0 Å². The number of halogens is 2. The average molecular weight is 250 g/mol. The average Bonchev–Trinajstić information content (AvgIpc) is 2.28. The van der Waals surface area contributed by atoms with Gasteiger partial charge >= 0.3 is 5.97 Å². The first kappa shape index (κ1) is 12.1. The largest absolute Gasteiger partial charge is 0.477 e. The Hall–Kier alpha value is -2.37. The Kier molecular flexibility index (Phi) is 3.01. The van der Waals surface area contributed by atoms with E-state index in [0.29, 0.717) is 5.69 Å². The number of aromatic nitrogens is 2. The Balaban J connectivity index is 2.68. The van der Waals surface area contributed by atoms with Crippen molar-refractivity contribution < 1.29 is 18.7 Å². The van der Waals surface area contributed by atoms with Crippen LogP contribution in [0.5, 0.6) is 0 Å². The second kappa shape index (κ2) is 4.48. The summed E-state index contributed by atoms with van der Waals surface area (Å²) in [7, 11) is 0. The molecule has 0 fully saturated rings. The van der Waals surface area contributed by atoms with E-state index in [1.165, 1.54) is 19.1 Å². The summed E-state index contributed by atoms with van der Waals surface area (Å²) in [6.07, 6.45) is 0. The Labute approximate surface area is 101 Å². The van der Waals surface area contributed by atoms with Crippen LogP contribution in [0.4, 0.5) is 8.78 Å². The molecular formula is C12H8F2N2O2. The van der Waals surface area contributed by atoms with Gasteiger partial charge in [-0.25, -0.2) is 23.5 Å². The van der Waals surface area contributed by atoms with Gasteiger partial charge in [0, 0.05) is 5.69 Å². The lowest BCUT2D eigenvalue weighted by molar-refractivity contribution is 0.0690. The van der Waals surface area contributed by atoms with Gasteiger partial charge in [-0.15, -0.1) is 0 Å². The molecule has 0 amide bonds. The van der Waals surface area contributed by atoms with E-state index in [4.69, 9.17) is 5.11 Å². The van der Waals surface area contributed by atoms with Crippen LogP contribution in [0.25, 0.3) is 11.4 Å². The monoisotopic (exact) mass is 250 g/mol. The molecule has 2 rings (SSSR count). The van der Waals surface area contributed by atoms with Crippen molar-refractivity contribution >= 4 is 5.97 Å². The smallest absolute Gasteiger partial charge is 0.354 e. The fraction of sp³-hybridized carbons (Fsp3) is 0.0833. The van der Waals surface area contributed by atoms with Gasteiger partial charge in [0.05, 0.1) is 5.56 Å². The van der Waals surface area contributed by atoms with Crippen molar-refractivity contribution in [2.75, 3.05) is 0 Å². The Morgan fingerprint density at radius 1 is 1.22 bits per heavy atom. The van der Waals surface area contributed by atoms with Crippen molar-refractivity contribution in [1.29, 1.82) is 0 Å². The van der Waals surface area contributed by atoms with Gasteiger partial charge < -0.3 is 5.11 Å². The molecule has 0 atom stereocenters. The third-order valence-electron chi connectivity index (χ3n) is 2.26. The highest BCUT2D eigenvalue weighted by Gasteiger charge is 2.16. The van der Waals surface area contributed by atoms with Gasteiger partial charge in [-0.1, -0.05) is 6.07 Å². The van der Waals surface area contributed by atoms with E-state index >= 15 is 0 Å². The summed E-state index contributed by atoms with van der Waals surface area (Å²) in [6.45, 7) is 1.52. The van der Waals surface area contributed by atoms with E-state index in [1.54, 1.807) is 0 Å². The minimum atomic E-state index is -1.28. The first-order valence-electron chi connectivity index (χ1n) is 5.02. The van der Waals surface area contributed by atoms with Crippen LogP contribution in [-0.2, 0) is 0 Å². The fourth-order valence-corrected chi connectivity index (χ4v) is 1.50. The number of carbonyl (C=O) groups is 1. The van der Waals surface area contributed by atoms with Crippen molar-refractivity contribution in [2.45, 2.75) is 6.92 Å². The molecule has 6 heteroatoms. The molecule has 0 saturated heterocycles. The predicted molar refractivity (Wildman–Crippen MR) is 59.1 cm³/mol. The maximum absolute atomic E-state index is 13.5. The minimum absolute atomic E-state index is 0.275. The third kappa shape index (κ3) is 2.17. The maximum atomic E-state index is 13.5. The van der Waals surface area contributed by atoms with E-state index in [-0.39, 0.29) is 11.5 Å². The normalized spacial score (nSPS) is 10.4. The lowest BCUT2D eigenvalue weighted by Gasteiger charge is -2.05. The van der Waals surface area contributed by atoms with Crippen molar-refractivity contribution in [2.24, 2.45) is 0 Å². The number of carboxylic acids is 1.